The highest BCUT2D eigenvalue weighted by Gasteiger charge is 2.65. The Labute approximate surface area is 141 Å². The van der Waals surface area contributed by atoms with Crippen molar-refractivity contribution in [3.8, 4) is 0 Å². The molecule has 4 nitrogen and oxygen atoms in total. The van der Waals surface area contributed by atoms with Gasteiger partial charge in [0.15, 0.2) is 0 Å². The standard InChI is InChI=1S/C18H31NO3S/c1-4-15-8-6-5-7-11-19(15)23(21,22)13-18-10-9-14(12-16(18)20)17(18,2)3/h14-15H,4-13H2,1-3H3/t14-,15+,18-/m0/s1. The summed E-state index contributed by atoms with van der Waals surface area (Å²) in [6.07, 6.45) is 7.35. The molecule has 0 aromatic heterocycles. The first-order valence-corrected chi connectivity index (χ1v) is 10.9. The van der Waals surface area contributed by atoms with Crippen molar-refractivity contribution in [3.63, 3.8) is 0 Å². The van der Waals surface area contributed by atoms with E-state index in [0.717, 1.165) is 44.9 Å². The normalized spacial score (nSPS) is 38.0. The number of Topliss-reactive ketones (excluding diaryl/α,β-unsaturated/α-hetero) is 1. The van der Waals surface area contributed by atoms with E-state index < -0.39 is 15.4 Å². The first-order valence-electron chi connectivity index (χ1n) is 9.27. The SMILES string of the molecule is CC[C@@H]1CCCCCN1S(=O)(=O)C[C@@]12CC[C@@H](CC1=O)C2(C)C. The third kappa shape index (κ3) is 2.58. The number of carbonyl (C=O) groups is 1. The number of rotatable bonds is 4. The average molecular weight is 342 g/mol. The Morgan fingerprint density at radius 2 is 1.91 bits per heavy atom. The molecule has 1 saturated heterocycles. The third-order valence-electron chi connectivity index (χ3n) is 7.22. The number of hydrogen-bond donors (Lipinski definition) is 0. The largest absolute Gasteiger partial charge is 0.299 e. The van der Waals surface area contributed by atoms with Crippen molar-refractivity contribution in [1.29, 1.82) is 0 Å². The van der Waals surface area contributed by atoms with Gasteiger partial charge in [0.2, 0.25) is 10.0 Å². The summed E-state index contributed by atoms with van der Waals surface area (Å²) in [4.78, 5) is 12.7. The number of fused-ring (bicyclic) bond motifs is 2. The maximum atomic E-state index is 13.3. The predicted octanol–water partition coefficient (Wildman–Crippen LogP) is 3.37. The molecular weight excluding hydrogens is 310 g/mol. The molecule has 1 heterocycles. The summed E-state index contributed by atoms with van der Waals surface area (Å²) in [7, 11) is -3.39. The van der Waals surface area contributed by atoms with Crippen LogP contribution in [0.3, 0.4) is 0 Å². The number of sulfonamides is 1. The molecule has 3 rings (SSSR count). The molecule has 2 aliphatic carbocycles. The minimum absolute atomic E-state index is 0.0405. The molecule has 1 aliphatic heterocycles. The van der Waals surface area contributed by atoms with Crippen LogP contribution < -0.4 is 0 Å². The van der Waals surface area contributed by atoms with Crippen molar-refractivity contribution in [1.82, 2.24) is 4.31 Å². The zero-order chi connectivity index (χ0) is 16.9. The van der Waals surface area contributed by atoms with Crippen molar-refractivity contribution in [2.75, 3.05) is 12.3 Å². The Morgan fingerprint density at radius 3 is 2.48 bits per heavy atom. The van der Waals surface area contributed by atoms with Gasteiger partial charge in [0.25, 0.3) is 0 Å². The molecule has 0 aromatic carbocycles. The smallest absolute Gasteiger partial charge is 0.215 e. The van der Waals surface area contributed by atoms with E-state index in [-0.39, 0.29) is 23.0 Å². The molecule has 3 fully saturated rings. The molecule has 0 radical (unpaired) electrons. The van der Waals surface area contributed by atoms with Gasteiger partial charge < -0.3 is 0 Å². The fraction of sp³-hybridized carbons (Fsp3) is 0.944. The molecule has 5 heteroatoms. The van der Waals surface area contributed by atoms with Gasteiger partial charge in [0.05, 0.1) is 5.75 Å². The quantitative estimate of drug-likeness (QED) is 0.788. The minimum Gasteiger partial charge on any atom is -0.299 e. The van der Waals surface area contributed by atoms with Gasteiger partial charge in [-0.25, -0.2) is 8.42 Å². The van der Waals surface area contributed by atoms with E-state index >= 15 is 0 Å². The summed E-state index contributed by atoms with van der Waals surface area (Å²) in [5.74, 6) is 0.611. The van der Waals surface area contributed by atoms with Crippen molar-refractivity contribution < 1.29 is 13.2 Å². The average Bonchev–Trinajstić information content (AvgIpc) is 2.75. The highest BCUT2D eigenvalue weighted by atomic mass is 32.2. The van der Waals surface area contributed by atoms with E-state index in [1.807, 2.05) is 0 Å². The maximum Gasteiger partial charge on any atom is 0.215 e. The van der Waals surface area contributed by atoms with E-state index in [0.29, 0.717) is 18.9 Å². The van der Waals surface area contributed by atoms with Gasteiger partial charge >= 0.3 is 0 Å². The molecule has 0 aromatic rings. The van der Waals surface area contributed by atoms with E-state index in [2.05, 4.69) is 20.8 Å². The first-order chi connectivity index (χ1) is 10.7. The van der Waals surface area contributed by atoms with Crippen molar-refractivity contribution in [2.24, 2.45) is 16.7 Å². The lowest BCUT2D eigenvalue weighted by molar-refractivity contribution is -0.128. The topological polar surface area (TPSA) is 54.5 Å². The summed E-state index contributed by atoms with van der Waals surface area (Å²) in [5, 5.41) is 0. The lowest BCUT2D eigenvalue weighted by Gasteiger charge is -2.39. The Bertz CT molecular complexity index is 583. The Kier molecular flexibility index (Phi) is 4.41. The van der Waals surface area contributed by atoms with Gasteiger partial charge in [-0.15, -0.1) is 0 Å². The van der Waals surface area contributed by atoms with Crippen LogP contribution in [-0.2, 0) is 14.8 Å². The zero-order valence-corrected chi connectivity index (χ0v) is 15.6. The summed E-state index contributed by atoms with van der Waals surface area (Å²) >= 11 is 0. The van der Waals surface area contributed by atoms with Gasteiger partial charge in [0.1, 0.15) is 5.78 Å². The molecule has 132 valence electrons. The molecular formula is C18H31NO3S. The maximum absolute atomic E-state index is 13.3. The summed E-state index contributed by atoms with van der Waals surface area (Å²) in [5.41, 5.74) is -0.814. The second kappa shape index (κ2) is 5.83. The molecule has 0 amide bonds. The van der Waals surface area contributed by atoms with Crippen LogP contribution in [0, 0.1) is 16.7 Å². The molecule has 3 aliphatic rings. The summed E-state index contributed by atoms with van der Waals surface area (Å²) < 4.78 is 28.3. The second-order valence-corrected chi connectivity index (χ2v) is 10.4. The van der Waals surface area contributed by atoms with E-state index in [4.69, 9.17) is 0 Å². The van der Waals surface area contributed by atoms with Crippen molar-refractivity contribution >= 4 is 15.8 Å². The molecule has 2 bridgehead atoms. The lowest BCUT2D eigenvalue weighted by atomic mass is 9.70. The molecule has 0 spiro atoms. The fourth-order valence-electron chi connectivity index (χ4n) is 5.43. The number of hydrogen-bond acceptors (Lipinski definition) is 3. The van der Waals surface area contributed by atoms with Gasteiger partial charge in [-0.1, -0.05) is 33.6 Å². The fourth-order valence-corrected chi connectivity index (χ4v) is 8.01. The monoisotopic (exact) mass is 341 g/mol. The van der Waals surface area contributed by atoms with Crippen LogP contribution in [0.2, 0.25) is 0 Å². The third-order valence-corrected chi connectivity index (χ3v) is 9.27. The molecule has 2 saturated carbocycles. The van der Waals surface area contributed by atoms with E-state index in [9.17, 15) is 13.2 Å². The number of nitrogens with zero attached hydrogens (tertiary/aromatic N) is 1. The molecule has 0 unspecified atom stereocenters. The Morgan fingerprint density at radius 1 is 1.17 bits per heavy atom. The van der Waals surface area contributed by atoms with Crippen LogP contribution in [0.15, 0.2) is 0 Å². The lowest BCUT2D eigenvalue weighted by Crippen LogP contribution is -2.49. The molecule has 23 heavy (non-hydrogen) atoms. The van der Waals surface area contributed by atoms with Gasteiger partial charge in [-0.05, 0) is 43.4 Å². The Hall–Kier alpha value is -0.420. The number of ketones is 1. The predicted molar refractivity (Wildman–Crippen MR) is 91.6 cm³/mol. The van der Waals surface area contributed by atoms with Crippen molar-refractivity contribution in [2.45, 2.75) is 78.2 Å². The van der Waals surface area contributed by atoms with Crippen LogP contribution in [0.4, 0.5) is 0 Å². The van der Waals surface area contributed by atoms with Crippen LogP contribution in [0.1, 0.15) is 72.1 Å². The van der Waals surface area contributed by atoms with Crippen LogP contribution in [0.5, 0.6) is 0 Å². The highest BCUT2D eigenvalue weighted by Crippen LogP contribution is 2.64. The molecule has 0 N–H and O–H groups in total. The Balaban J connectivity index is 1.90. The number of carbonyl (C=O) groups excluding carboxylic acids is 1. The summed E-state index contributed by atoms with van der Waals surface area (Å²) in [6, 6.07) is 0.121. The van der Waals surface area contributed by atoms with E-state index in [1.165, 1.54) is 0 Å². The zero-order valence-electron chi connectivity index (χ0n) is 14.8. The van der Waals surface area contributed by atoms with Crippen molar-refractivity contribution in [3.05, 3.63) is 0 Å². The molecule has 3 atom stereocenters. The first kappa shape index (κ1) is 17.4. The second-order valence-electron chi connectivity index (χ2n) is 8.45. The van der Waals surface area contributed by atoms with E-state index in [1.54, 1.807) is 4.31 Å². The van der Waals surface area contributed by atoms with Crippen LogP contribution in [-0.4, -0.2) is 36.8 Å². The minimum atomic E-state index is -3.39. The van der Waals surface area contributed by atoms with Crippen LogP contribution in [0.25, 0.3) is 0 Å². The summed E-state index contributed by atoms with van der Waals surface area (Å²) in [6.45, 7) is 6.94. The highest BCUT2D eigenvalue weighted by molar-refractivity contribution is 7.89. The van der Waals surface area contributed by atoms with Gasteiger partial charge in [-0.2, -0.15) is 4.31 Å². The van der Waals surface area contributed by atoms with Gasteiger partial charge in [-0.3, -0.25) is 4.79 Å². The van der Waals surface area contributed by atoms with Gasteiger partial charge in [0, 0.05) is 24.4 Å². The van der Waals surface area contributed by atoms with Crippen LogP contribution >= 0.6 is 0 Å².